The van der Waals surface area contributed by atoms with E-state index in [1.807, 2.05) is 11.9 Å². The molecule has 2 N–H and O–H groups in total. The van der Waals surface area contributed by atoms with Crippen molar-refractivity contribution in [2.75, 3.05) is 33.2 Å². The van der Waals surface area contributed by atoms with E-state index >= 15 is 0 Å². The second-order valence-corrected chi connectivity index (χ2v) is 7.56. The number of hydrogen-bond acceptors (Lipinski definition) is 3. The van der Waals surface area contributed by atoms with Gasteiger partial charge in [-0.05, 0) is 44.6 Å². The Morgan fingerprint density at radius 3 is 2.50 bits per heavy atom. The first kappa shape index (κ1) is 19.2. The number of carbonyl (C=O) groups is 1. The number of likely N-dealkylation sites (tertiary alicyclic amines) is 1. The number of piperidine rings is 1. The van der Waals surface area contributed by atoms with Crippen LogP contribution in [0.25, 0.3) is 0 Å². The molecule has 22 heavy (non-hydrogen) atoms. The number of rotatable bonds is 7. The third-order valence-corrected chi connectivity index (χ3v) is 4.53. The van der Waals surface area contributed by atoms with Crippen molar-refractivity contribution in [3.8, 4) is 0 Å². The number of carbonyl (C=O) groups excluding carboxylic acids is 1. The quantitative estimate of drug-likeness (QED) is 0.758. The Balaban J connectivity index is 2.36. The average molecular weight is 313 g/mol. The minimum absolute atomic E-state index is 0.00705. The zero-order chi connectivity index (χ0) is 16.8. The van der Waals surface area contributed by atoms with Crippen molar-refractivity contribution in [2.24, 2.45) is 5.41 Å². The normalized spacial score (nSPS) is 19.0. The Bertz CT molecular complexity index is 337. The maximum atomic E-state index is 12.3. The van der Waals surface area contributed by atoms with Crippen molar-refractivity contribution in [3.05, 3.63) is 0 Å². The Labute approximate surface area is 136 Å². The van der Waals surface area contributed by atoms with E-state index in [2.05, 4.69) is 31.0 Å². The van der Waals surface area contributed by atoms with Crippen molar-refractivity contribution in [2.45, 2.75) is 65.5 Å². The van der Waals surface area contributed by atoms with Gasteiger partial charge in [-0.1, -0.05) is 20.8 Å². The summed E-state index contributed by atoms with van der Waals surface area (Å²) < 4.78 is 0. The van der Waals surface area contributed by atoms with Gasteiger partial charge in [0.25, 0.3) is 0 Å². The topological polar surface area (TPSA) is 55.8 Å². The molecule has 1 atom stereocenters. The van der Waals surface area contributed by atoms with Gasteiger partial charge in [0.2, 0.25) is 0 Å². The highest BCUT2D eigenvalue weighted by Crippen LogP contribution is 2.21. The molecule has 5 heteroatoms. The first-order valence-electron chi connectivity index (χ1n) is 8.66. The van der Waals surface area contributed by atoms with Crippen LogP contribution in [0.3, 0.4) is 0 Å². The molecular formula is C17H35N3O2. The molecule has 1 rings (SSSR count). The molecule has 130 valence electrons. The monoisotopic (exact) mass is 313 g/mol. The number of aliphatic hydroxyl groups excluding tert-OH is 1. The lowest BCUT2D eigenvalue weighted by Crippen LogP contribution is -2.50. The van der Waals surface area contributed by atoms with Crippen molar-refractivity contribution >= 4 is 6.03 Å². The van der Waals surface area contributed by atoms with Gasteiger partial charge in [0, 0.05) is 32.7 Å². The van der Waals surface area contributed by atoms with Gasteiger partial charge in [0.15, 0.2) is 0 Å². The molecule has 0 spiro atoms. The zero-order valence-corrected chi connectivity index (χ0v) is 15.1. The number of urea groups is 1. The van der Waals surface area contributed by atoms with Gasteiger partial charge < -0.3 is 20.2 Å². The second kappa shape index (κ2) is 8.73. The molecule has 0 radical (unpaired) electrons. The third-order valence-electron chi connectivity index (χ3n) is 4.53. The number of nitrogens with one attached hydrogen (secondary N) is 1. The molecule has 5 nitrogen and oxygen atoms in total. The van der Waals surface area contributed by atoms with Gasteiger partial charge >= 0.3 is 6.03 Å². The molecule has 0 bridgehead atoms. The summed E-state index contributed by atoms with van der Waals surface area (Å²) in [6.45, 7) is 12.1. The van der Waals surface area contributed by atoms with Crippen molar-refractivity contribution in [1.82, 2.24) is 15.1 Å². The van der Waals surface area contributed by atoms with Crippen molar-refractivity contribution < 1.29 is 9.90 Å². The highest BCUT2D eigenvalue weighted by molar-refractivity contribution is 5.74. The molecule has 0 aromatic carbocycles. The van der Waals surface area contributed by atoms with E-state index < -0.39 is 0 Å². The van der Waals surface area contributed by atoms with Crippen LogP contribution in [0.15, 0.2) is 0 Å². The fourth-order valence-corrected chi connectivity index (χ4v) is 3.32. The molecule has 1 aliphatic rings. The highest BCUT2D eigenvalue weighted by Gasteiger charge is 2.26. The van der Waals surface area contributed by atoms with E-state index in [-0.39, 0.29) is 17.6 Å². The van der Waals surface area contributed by atoms with Gasteiger partial charge in [-0.3, -0.25) is 0 Å². The average Bonchev–Trinajstić information content (AvgIpc) is 2.44. The minimum atomic E-state index is -0.340. The first-order valence-corrected chi connectivity index (χ1v) is 8.66. The van der Waals surface area contributed by atoms with Crippen LogP contribution in [-0.2, 0) is 0 Å². The number of nitrogens with zero attached hydrogens (tertiary/aromatic N) is 2. The summed E-state index contributed by atoms with van der Waals surface area (Å²) in [6.07, 6.45) is 3.65. The number of aliphatic hydroxyl groups is 1. The van der Waals surface area contributed by atoms with Gasteiger partial charge in [-0.25, -0.2) is 4.79 Å². The summed E-state index contributed by atoms with van der Waals surface area (Å²) in [5.41, 5.74) is -0.0881. The zero-order valence-electron chi connectivity index (χ0n) is 15.1. The standard InChI is InChI=1S/C17H35N3O2/c1-6-9-20-10-7-15(8-11-20)19(5)16(22)18-13-17(3,4)12-14(2)21/h14-15,21H,6-13H2,1-5H3,(H,18,22). The van der Waals surface area contributed by atoms with Crippen molar-refractivity contribution in [1.29, 1.82) is 0 Å². The number of amides is 2. The first-order chi connectivity index (χ1) is 10.2. The third kappa shape index (κ3) is 6.53. The Morgan fingerprint density at radius 1 is 1.41 bits per heavy atom. The lowest BCUT2D eigenvalue weighted by Gasteiger charge is -2.37. The lowest BCUT2D eigenvalue weighted by molar-refractivity contribution is 0.118. The fraction of sp³-hybridized carbons (Fsp3) is 0.941. The maximum absolute atomic E-state index is 12.3. The summed E-state index contributed by atoms with van der Waals surface area (Å²) in [7, 11) is 1.90. The summed E-state index contributed by atoms with van der Waals surface area (Å²) in [6, 6.07) is 0.348. The van der Waals surface area contributed by atoms with Gasteiger partial charge in [0.05, 0.1) is 6.10 Å². The van der Waals surface area contributed by atoms with Crippen LogP contribution in [0.1, 0.15) is 53.4 Å². The minimum Gasteiger partial charge on any atom is -0.393 e. The van der Waals surface area contributed by atoms with E-state index in [1.54, 1.807) is 6.92 Å². The number of hydrogen-bond donors (Lipinski definition) is 2. The molecule has 1 saturated heterocycles. The van der Waals surface area contributed by atoms with Gasteiger partial charge in [-0.2, -0.15) is 0 Å². The van der Waals surface area contributed by atoms with Crippen LogP contribution >= 0.6 is 0 Å². The largest absolute Gasteiger partial charge is 0.393 e. The molecule has 2 amide bonds. The molecule has 0 aromatic heterocycles. The summed E-state index contributed by atoms with van der Waals surface area (Å²) >= 11 is 0. The predicted molar refractivity (Wildman–Crippen MR) is 91.0 cm³/mol. The Hall–Kier alpha value is -0.810. The van der Waals surface area contributed by atoms with Gasteiger partial charge in [-0.15, -0.1) is 0 Å². The lowest BCUT2D eigenvalue weighted by atomic mass is 9.87. The molecule has 1 fully saturated rings. The molecule has 1 unspecified atom stereocenters. The molecule has 1 aliphatic heterocycles. The molecular weight excluding hydrogens is 278 g/mol. The van der Waals surface area contributed by atoms with Crippen LogP contribution in [0.4, 0.5) is 4.79 Å². The van der Waals surface area contributed by atoms with Crippen LogP contribution in [0.2, 0.25) is 0 Å². The summed E-state index contributed by atoms with van der Waals surface area (Å²) in [4.78, 5) is 16.7. The molecule has 0 aromatic rings. The highest BCUT2D eigenvalue weighted by atomic mass is 16.3. The van der Waals surface area contributed by atoms with Crippen LogP contribution < -0.4 is 5.32 Å². The van der Waals surface area contributed by atoms with Crippen LogP contribution in [-0.4, -0.2) is 66.3 Å². The van der Waals surface area contributed by atoms with Crippen molar-refractivity contribution in [3.63, 3.8) is 0 Å². The fourth-order valence-electron chi connectivity index (χ4n) is 3.32. The van der Waals surface area contributed by atoms with E-state index in [0.717, 1.165) is 32.5 Å². The summed E-state index contributed by atoms with van der Waals surface area (Å²) in [5.74, 6) is 0. The molecule has 0 saturated carbocycles. The van der Waals surface area contributed by atoms with E-state index in [9.17, 15) is 9.90 Å². The SMILES string of the molecule is CCCN1CCC(N(C)C(=O)NCC(C)(C)CC(C)O)CC1. The Morgan fingerprint density at radius 2 is 2.00 bits per heavy atom. The van der Waals surface area contributed by atoms with Gasteiger partial charge in [0.1, 0.15) is 0 Å². The maximum Gasteiger partial charge on any atom is 0.317 e. The smallest absolute Gasteiger partial charge is 0.317 e. The molecule has 0 aliphatic carbocycles. The second-order valence-electron chi connectivity index (χ2n) is 7.56. The Kier molecular flexibility index (Phi) is 7.63. The van der Waals surface area contributed by atoms with Crippen LogP contribution in [0, 0.1) is 5.41 Å². The van der Waals surface area contributed by atoms with Crippen LogP contribution in [0.5, 0.6) is 0 Å². The predicted octanol–water partition coefficient (Wildman–Crippen LogP) is 2.30. The summed E-state index contributed by atoms with van der Waals surface area (Å²) in [5, 5.41) is 12.5. The van der Waals surface area contributed by atoms with E-state index in [4.69, 9.17) is 0 Å². The van der Waals surface area contributed by atoms with E-state index in [0.29, 0.717) is 19.0 Å². The van der Waals surface area contributed by atoms with E-state index in [1.165, 1.54) is 6.42 Å². The molecule has 1 heterocycles.